The van der Waals surface area contributed by atoms with Crippen LogP contribution >= 0.6 is 0 Å². The first kappa shape index (κ1) is 10.9. The van der Waals surface area contributed by atoms with Crippen molar-refractivity contribution in [2.45, 2.75) is 32.2 Å². The Morgan fingerprint density at radius 1 is 1.38 bits per heavy atom. The van der Waals surface area contributed by atoms with E-state index in [2.05, 4.69) is 27.6 Å². The highest BCUT2D eigenvalue weighted by Gasteiger charge is 2.24. The summed E-state index contributed by atoms with van der Waals surface area (Å²) in [5.74, 6) is 7.50. The monoisotopic (exact) mass is 222 g/mol. The Kier molecular flexibility index (Phi) is 3.09. The van der Waals surface area contributed by atoms with E-state index in [9.17, 15) is 0 Å². The van der Waals surface area contributed by atoms with Crippen LogP contribution in [0.3, 0.4) is 0 Å². The molecule has 0 spiro atoms. The highest BCUT2D eigenvalue weighted by Crippen LogP contribution is 2.30. The van der Waals surface area contributed by atoms with Gasteiger partial charge in [0.05, 0.1) is 0 Å². The summed E-state index contributed by atoms with van der Waals surface area (Å²) in [7, 11) is 0. The van der Waals surface area contributed by atoms with Gasteiger partial charge in [0.1, 0.15) is 11.6 Å². The second kappa shape index (κ2) is 4.52. The molecule has 6 heteroatoms. The third-order valence-corrected chi connectivity index (χ3v) is 3.12. The molecule has 1 atom stereocenters. The lowest BCUT2D eigenvalue weighted by Gasteiger charge is -2.32. The molecule has 0 saturated heterocycles. The van der Waals surface area contributed by atoms with Gasteiger partial charge in [0.2, 0.25) is 5.95 Å². The van der Waals surface area contributed by atoms with Gasteiger partial charge in [-0.05, 0) is 25.7 Å². The number of rotatable bonds is 4. The Balaban J connectivity index is 2.04. The summed E-state index contributed by atoms with van der Waals surface area (Å²) in [6.07, 6.45) is 3.91. The van der Waals surface area contributed by atoms with E-state index < -0.39 is 0 Å². The zero-order valence-electron chi connectivity index (χ0n) is 9.40. The molecule has 0 bridgehead atoms. The molecule has 6 nitrogen and oxygen atoms in total. The number of aromatic nitrogens is 2. The highest BCUT2D eigenvalue weighted by molar-refractivity contribution is 5.50. The number of hydrazine groups is 1. The van der Waals surface area contributed by atoms with Crippen molar-refractivity contribution in [3.63, 3.8) is 0 Å². The summed E-state index contributed by atoms with van der Waals surface area (Å²) in [6.45, 7) is 2.16. The minimum Gasteiger partial charge on any atom is -0.368 e. The maximum atomic E-state index is 5.58. The van der Waals surface area contributed by atoms with Crippen molar-refractivity contribution in [2.24, 2.45) is 11.8 Å². The van der Waals surface area contributed by atoms with E-state index in [4.69, 9.17) is 11.6 Å². The predicted molar refractivity (Wildman–Crippen MR) is 64.7 cm³/mol. The van der Waals surface area contributed by atoms with Crippen molar-refractivity contribution in [2.75, 3.05) is 16.5 Å². The molecule has 1 aliphatic rings. The Bertz CT molecular complexity index is 362. The molecule has 1 heterocycles. The molecule has 1 unspecified atom stereocenters. The zero-order chi connectivity index (χ0) is 11.5. The summed E-state index contributed by atoms with van der Waals surface area (Å²) in [5.41, 5.74) is 8.04. The first-order chi connectivity index (χ1) is 7.69. The van der Waals surface area contributed by atoms with Gasteiger partial charge >= 0.3 is 0 Å². The molecule has 1 aliphatic carbocycles. The lowest BCUT2D eigenvalue weighted by molar-refractivity contribution is 0.285. The Morgan fingerprint density at radius 2 is 2.06 bits per heavy atom. The van der Waals surface area contributed by atoms with Crippen LogP contribution in [0.4, 0.5) is 17.6 Å². The standard InChI is InChI=1S/C10H18N6/c1-6(7-3-2-4-7)13-8-5-9(16-12)15-10(11)14-8/h5-7H,2-4,12H2,1H3,(H4,11,13,14,15,16). The average molecular weight is 222 g/mol. The number of anilines is 3. The fraction of sp³-hybridized carbons (Fsp3) is 0.600. The molecule has 0 amide bonds. The largest absolute Gasteiger partial charge is 0.368 e. The first-order valence-corrected chi connectivity index (χ1v) is 5.56. The van der Waals surface area contributed by atoms with Crippen LogP contribution in [0.15, 0.2) is 6.07 Å². The normalized spacial score (nSPS) is 17.6. The summed E-state index contributed by atoms with van der Waals surface area (Å²) >= 11 is 0. The van der Waals surface area contributed by atoms with Crippen molar-refractivity contribution in [3.8, 4) is 0 Å². The van der Waals surface area contributed by atoms with E-state index in [1.54, 1.807) is 6.07 Å². The fourth-order valence-corrected chi connectivity index (χ4v) is 1.90. The van der Waals surface area contributed by atoms with Crippen molar-refractivity contribution in [1.82, 2.24) is 9.97 Å². The number of nitrogen functional groups attached to an aromatic ring is 2. The summed E-state index contributed by atoms with van der Waals surface area (Å²) in [6, 6.07) is 2.17. The van der Waals surface area contributed by atoms with Gasteiger partial charge in [-0.25, -0.2) is 5.84 Å². The SMILES string of the molecule is CC(Nc1cc(NN)nc(N)n1)C1CCC1. The van der Waals surface area contributed by atoms with Gasteiger partial charge in [-0.1, -0.05) is 6.42 Å². The topological polar surface area (TPSA) is 102 Å². The van der Waals surface area contributed by atoms with Gasteiger partial charge in [0.15, 0.2) is 0 Å². The molecule has 88 valence electrons. The number of hydrogen-bond donors (Lipinski definition) is 4. The van der Waals surface area contributed by atoms with E-state index in [0.717, 1.165) is 11.7 Å². The van der Waals surface area contributed by atoms with Crippen LogP contribution in [0, 0.1) is 5.92 Å². The van der Waals surface area contributed by atoms with Gasteiger partial charge in [-0.2, -0.15) is 9.97 Å². The number of hydrogen-bond acceptors (Lipinski definition) is 6. The van der Waals surface area contributed by atoms with Gasteiger partial charge < -0.3 is 16.5 Å². The van der Waals surface area contributed by atoms with Crippen LogP contribution in [0.5, 0.6) is 0 Å². The molecule has 1 aromatic heterocycles. The van der Waals surface area contributed by atoms with E-state index in [0.29, 0.717) is 11.9 Å². The molecule has 0 aromatic carbocycles. The molecule has 16 heavy (non-hydrogen) atoms. The maximum Gasteiger partial charge on any atom is 0.223 e. The van der Waals surface area contributed by atoms with Crippen molar-refractivity contribution < 1.29 is 0 Å². The zero-order valence-corrected chi connectivity index (χ0v) is 9.40. The van der Waals surface area contributed by atoms with Gasteiger partial charge in [0.25, 0.3) is 0 Å². The molecule has 1 fully saturated rings. The van der Waals surface area contributed by atoms with Crippen molar-refractivity contribution in [1.29, 1.82) is 0 Å². The van der Waals surface area contributed by atoms with Gasteiger partial charge in [-0.3, -0.25) is 0 Å². The summed E-state index contributed by atoms with van der Waals surface area (Å²) in [5, 5.41) is 3.33. The van der Waals surface area contributed by atoms with Gasteiger partial charge in [-0.15, -0.1) is 0 Å². The van der Waals surface area contributed by atoms with E-state index >= 15 is 0 Å². The Labute approximate surface area is 94.8 Å². The number of nitrogens with zero attached hydrogens (tertiary/aromatic N) is 2. The van der Waals surface area contributed by atoms with Crippen molar-refractivity contribution in [3.05, 3.63) is 6.07 Å². The second-order valence-electron chi connectivity index (χ2n) is 4.26. The Hall–Kier alpha value is -1.56. The second-order valence-corrected chi connectivity index (χ2v) is 4.26. The predicted octanol–water partition coefficient (Wildman–Crippen LogP) is 0.945. The lowest BCUT2D eigenvalue weighted by atomic mass is 9.80. The average Bonchev–Trinajstić information content (AvgIpc) is 2.13. The molecule has 1 saturated carbocycles. The van der Waals surface area contributed by atoms with Crippen LogP contribution < -0.4 is 22.3 Å². The molecular weight excluding hydrogens is 204 g/mol. The number of nitrogens with one attached hydrogen (secondary N) is 2. The quantitative estimate of drug-likeness (QED) is 0.447. The molecule has 2 rings (SSSR count). The van der Waals surface area contributed by atoms with Crippen LogP contribution in [0.1, 0.15) is 26.2 Å². The minimum atomic E-state index is 0.221. The van der Waals surface area contributed by atoms with E-state index in [-0.39, 0.29) is 5.95 Å². The van der Waals surface area contributed by atoms with Crippen LogP contribution in [0.25, 0.3) is 0 Å². The molecule has 6 N–H and O–H groups in total. The highest BCUT2D eigenvalue weighted by atomic mass is 15.3. The van der Waals surface area contributed by atoms with Crippen molar-refractivity contribution >= 4 is 17.6 Å². The van der Waals surface area contributed by atoms with E-state index in [1.165, 1.54) is 19.3 Å². The lowest BCUT2D eigenvalue weighted by Crippen LogP contribution is -2.31. The summed E-state index contributed by atoms with van der Waals surface area (Å²) in [4.78, 5) is 8.05. The smallest absolute Gasteiger partial charge is 0.223 e. The fourth-order valence-electron chi connectivity index (χ4n) is 1.90. The van der Waals surface area contributed by atoms with Gasteiger partial charge in [0, 0.05) is 12.1 Å². The third kappa shape index (κ3) is 2.33. The van der Waals surface area contributed by atoms with Crippen LogP contribution in [-0.2, 0) is 0 Å². The van der Waals surface area contributed by atoms with Crippen LogP contribution in [-0.4, -0.2) is 16.0 Å². The number of nitrogens with two attached hydrogens (primary N) is 2. The molecule has 0 radical (unpaired) electrons. The first-order valence-electron chi connectivity index (χ1n) is 5.56. The Morgan fingerprint density at radius 3 is 2.62 bits per heavy atom. The van der Waals surface area contributed by atoms with Crippen LogP contribution in [0.2, 0.25) is 0 Å². The summed E-state index contributed by atoms with van der Waals surface area (Å²) < 4.78 is 0. The third-order valence-electron chi connectivity index (χ3n) is 3.12. The molecule has 0 aliphatic heterocycles. The van der Waals surface area contributed by atoms with E-state index in [1.807, 2.05) is 0 Å². The molecule has 1 aromatic rings. The minimum absolute atomic E-state index is 0.221. The molecular formula is C10H18N6. The maximum absolute atomic E-state index is 5.58.